The number of para-hydroxylation sites is 1. The number of nitrogens with zero attached hydrogens (tertiary/aromatic N) is 4. The number of hydrogen-bond acceptors (Lipinski definition) is 3. The van der Waals surface area contributed by atoms with Gasteiger partial charge in [-0.1, -0.05) is 217 Å². The summed E-state index contributed by atoms with van der Waals surface area (Å²) in [6, 6.07) is 83.4. The Balaban J connectivity index is 0.877. The van der Waals surface area contributed by atoms with Crippen molar-refractivity contribution in [2.24, 2.45) is 41.4 Å². The van der Waals surface area contributed by atoms with E-state index >= 15 is 0 Å². The lowest BCUT2D eigenvalue weighted by molar-refractivity contribution is -0.00518. The van der Waals surface area contributed by atoms with Crippen molar-refractivity contribution in [2.45, 2.75) is 134 Å². The lowest BCUT2D eigenvalue weighted by Gasteiger charge is -2.57. The van der Waals surface area contributed by atoms with Crippen molar-refractivity contribution in [1.29, 1.82) is 0 Å². The van der Waals surface area contributed by atoms with Gasteiger partial charge < -0.3 is 9.47 Å². The first kappa shape index (κ1) is 57.1. The molecule has 0 amide bonds. The molecular weight excluding hydrogens is 1170 g/mol. The van der Waals surface area contributed by atoms with Crippen molar-refractivity contribution in [3.63, 3.8) is 0 Å². The average Bonchev–Trinajstić information content (AvgIpc) is 1.60. The standard InChI is InChI=1S/C92H83BN4/c1-90(2,3)65-31-34-68(35-32-65)96-77-37-33-67(91(4,5)6)49-76(77)93-75-22-14-21-74-84-78(38-36-73-71-19-11-10-17-69(71)70-18-12-13-20-72(70)83(73)84)97(88(74)75)80-48-64(47-79(96)85(80)93)82-86(59-25-23-58(24-26-59)81-62-43-53-39-54(45-62)46-63(81)44-53)94-89(61-15-8-7-9-16-61)95-87(82)60-27-29-66(30-28-60)92-50-55-40-56(51-92)42-57(41-55)52-92/h7-38,47-49,53-57,62-63,81H,39-46,50-52H2,1-6H3. The smallest absolute Gasteiger partial charge is 0.252 e. The van der Waals surface area contributed by atoms with Gasteiger partial charge in [0.05, 0.1) is 16.9 Å². The maximum Gasteiger partial charge on any atom is 0.252 e. The summed E-state index contributed by atoms with van der Waals surface area (Å²) in [5, 5.41) is 10.4. The van der Waals surface area contributed by atoms with Crippen LogP contribution in [0.1, 0.15) is 140 Å². The van der Waals surface area contributed by atoms with E-state index < -0.39 is 0 Å². The highest BCUT2D eigenvalue weighted by Gasteiger charge is 2.52. The van der Waals surface area contributed by atoms with E-state index in [0.29, 0.717) is 5.92 Å². The molecule has 0 saturated heterocycles. The highest BCUT2D eigenvalue weighted by atomic mass is 15.2. The van der Waals surface area contributed by atoms with Gasteiger partial charge in [-0.3, -0.25) is 0 Å². The van der Waals surface area contributed by atoms with Crippen LogP contribution in [0, 0.1) is 41.4 Å². The van der Waals surface area contributed by atoms with Crippen molar-refractivity contribution >= 4 is 94.3 Å². The number of anilines is 3. The Morgan fingerprint density at radius 2 is 0.959 bits per heavy atom. The fourth-order valence-corrected chi connectivity index (χ4v) is 22.6. The summed E-state index contributed by atoms with van der Waals surface area (Å²) in [6.45, 7) is 14.0. The highest BCUT2D eigenvalue weighted by molar-refractivity contribution is 7.00. The first-order valence-corrected chi connectivity index (χ1v) is 37.0. The van der Waals surface area contributed by atoms with Crippen molar-refractivity contribution in [2.75, 3.05) is 4.90 Å². The molecule has 0 N–H and O–H groups in total. The Morgan fingerprint density at radius 3 is 1.59 bits per heavy atom. The van der Waals surface area contributed by atoms with Gasteiger partial charge in [-0.2, -0.15) is 0 Å². The Hall–Kier alpha value is -9.06. The van der Waals surface area contributed by atoms with E-state index in [1.807, 2.05) is 0 Å². The molecule has 2 aromatic heterocycles. The summed E-state index contributed by atoms with van der Waals surface area (Å²) >= 11 is 0. The van der Waals surface area contributed by atoms with Gasteiger partial charge in [0, 0.05) is 66.7 Å². The minimum Gasteiger partial charge on any atom is -0.311 e. The molecule has 0 atom stereocenters. The highest BCUT2D eigenvalue weighted by Crippen LogP contribution is 2.62. The Labute approximate surface area is 571 Å². The molecule has 0 radical (unpaired) electrons. The predicted molar refractivity (Wildman–Crippen MR) is 407 cm³/mol. The third kappa shape index (κ3) is 8.48. The number of benzene rings is 11. The van der Waals surface area contributed by atoms with E-state index in [-0.39, 0.29) is 23.0 Å². The van der Waals surface area contributed by atoms with Gasteiger partial charge in [0.15, 0.2) is 5.82 Å². The monoisotopic (exact) mass is 1250 g/mol. The second-order valence-corrected chi connectivity index (χ2v) is 33.9. The molecule has 8 saturated carbocycles. The van der Waals surface area contributed by atoms with Crippen molar-refractivity contribution in [3.8, 4) is 50.7 Å². The summed E-state index contributed by atoms with van der Waals surface area (Å²) in [5.74, 6) is 7.42. The minimum absolute atomic E-state index is 0.0174. The molecule has 8 bridgehead atoms. The van der Waals surface area contributed by atoms with Gasteiger partial charge in [-0.05, 0) is 242 Å². The van der Waals surface area contributed by atoms with Crippen LogP contribution in [-0.2, 0) is 16.2 Å². The quantitative estimate of drug-likeness (QED) is 0.118. The van der Waals surface area contributed by atoms with Gasteiger partial charge in [-0.15, -0.1) is 0 Å². The van der Waals surface area contributed by atoms with E-state index in [9.17, 15) is 0 Å². The molecule has 13 aromatic rings. The minimum atomic E-state index is -0.0839. The predicted octanol–water partition coefficient (Wildman–Crippen LogP) is 21.9. The van der Waals surface area contributed by atoms with Crippen LogP contribution in [0.4, 0.5) is 17.1 Å². The second kappa shape index (κ2) is 20.5. The molecule has 8 aliphatic carbocycles. The summed E-state index contributed by atoms with van der Waals surface area (Å²) in [4.78, 5) is 14.6. The van der Waals surface area contributed by atoms with Crippen molar-refractivity contribution in [1.82, 2.24) is 14.5 Å². The SMILES string of the molecule is CC(C)(C)c1ccc(N2c3ccc(C(C)(C)C)cc3B3c4c2cc(-c2c(-c5ccc(C6C7CC8CC(C7)CC6C8)cc5)nc(-c5ccccc5)nc2-c2ccc(C56CC7CC(CC(C7)C5)C6)cc2)cc4-n2c4ccc5c6ccccc6c6ccccc6c5c4c4cccc3c42)cc1. The first-order valence-electron chi connectivity index (χ1n) is 37.0. The number of hydrogen-bond donors (Lipinski definition) is 0. The summed E-state index contributed by atoms with van der Waals surface area (Å²) in [5.41, 5.74) is 24.6. The van der Waals surface area contributed by atoms with E-state index in [1.165, 1.54) is 180 Å². The maximum absolute atomic E-state index is 5.98. The van der Waals surface area contributed by atoms with E-state index in [1.54, 1.807) is 0 Å². The van der Waals surface area contributed by atoms with Crippen molar-refractivity contribution < 1.29 is 0 Å². The van der Waals surface area contributed by atoms with Crippen LogP contribution in [0.3, 0.4) is 0 Å². The van der Waals surface area contributed by atoms with Crippen LogP contribution < -0.4 is 21.3 Å². The zero-order valence-corrected chi connectivity index (χ0v) is 57.0. The van der Waals surface area contributed by atoms with Crippen LogP contribution in [0.2, 0.25) is 0 Å². The Bertz CT molecular complexity index is 5370. The molecule has 23 rings (SSSR count). The van der Waals surface area contributed by atoms with Crippen LogP contribution in [0.25, 0.3) is 105 Å². The third-order valence-electron chi connectivity index (χ3n) is 26.2. The summed E-state index contributed by atoms with van der Waals surface area (Å²) in [7, 11) is 0. The Kier molecular flexibility index (Phi) is 12.1. The molecule has 11 aromatic carbocycles. The molecular formula is C92H83BN4. The molecule has 2 aliphatic heterocycles. The van der Waals surface area contributed by atoms with Gasteiger partial charge in [0.1, 0.15) is 0 Å². The molecule has 4 heterocycles. The van der Waals surface area contributed by atoms with Gasteiger partial charge >= 0.3 is 0 Å². The average molecular weight is 1260 g/mol. The summed E-state index contributed by atoms with van der Waals surface area (Å²) < 4.78 is 2.71. The fraction of sp³-hybridized carbons (Fsp3) is 0.304. The molecule has 8 fully saturated rings. The third-order valence-corrected chi connectivity index (χ3v) is 26.2. The van der Waals surface area contributed by atoms with E-state index in [2.05, 4.69) is 263 Å². The van der Waals surface area contributed by atoms with Gasteiger partial charge in [-0.25, -0.2) is 9.97 Å². The molecule has 4 nitrogen and oxygen atoms in total. The lowest BCUT2D eigenvalue weighted by Crippen LogP contribution is -2.60. The number of fused-ring (bicyclic) bond motifs is 14. The summed E-state index contributed by atoms with van der Waals surface area (Å²) in [6.07, 6.45) is 15.4. The molecule has 5 heteroatoms. The normalized spacial score (nSPS) is 24.1. The lowest BCUT2D eigenvalue weighted by atomic mass is 9.33. The van der Waals surface area contributed by atoms with E-state index in [0.717, 1.165) is 92.1 Å². The van der Waals surface area contributed by atoms with E-state index in [4.69, 9.17) is 9.97 Å². The van der Waals surface area contributed by atoms with Crippen LogP contribution >= 0.6 is 0 Å². The van der Waals surface area contributed by atoms with Gasteiger partial charge in [0.25, 0.3) is 6.71 Å². The molecule has 0 unspecified atom stereocenters. The zero-order chi connectivity index (χ0) is 64.5. The molecule has 97 heavy (non-hydrogen) atoms. The topological polar surface area (TPSA) is 34.0 Å². The molecule has 474 valence electrons. The maximum atomic E-state index is 5.98. The molecule has 0 spiro atoms. The largest absolute Gasteiger partial charge is 0.311 e. The van der Waals surface area contributed by atoms with Gasteiger partial charge in [0.2, 0.25) is 0 Å². The first-order chi connectivity index (χ1) is 47.2. The van der Waals surface area contributed by atoms with Crippen LogP contribution in [0.5, 0.6) is 0 Å². The number of rotatable bonds is 7. The van der Waals surface area contributed by atoms with Crippen LogP contribution in [-0.4, -0.2) is 21.2 Å². The second-order valence-electron chi connectivity index (χ2n) is 33.9. The molecule has 10 aliphatic rings. The van der Waals surface area contributed by atoms with Crippen molar-refractivity contribution in [3.05, 3.63) is 235 Å². The zero-order valence-electron chi connectivity index (χ0n) is 57.0. The van der Waals surface area contributed by atoms with Crippen LogP contribution in [0.15, 0.2) is 212 Å². The Morgan fingerprint density at radius 1 is 0.412 bits per heavy atom. The number of aromatic nitrogens is 3. The fourth-order valence-electron chi connectivity index (χ4n) is 22.6.